The minimum absolute atomic E-state index is 0. The van der Waals surface area contributed by atoms with E-state index in [9.17, 15) is 4.39 Å². The summed E-state index contributed by atoms with van der Waals surface area (Å²) >= 11 is 0. The molecule has 2 unspecified atom stereocenters. The van der Waals surface area contributed by atoms with Gasteiger partial charge in [0.2, 0.25) is 0 Å². The molecule has 0 aliphatic heterocycles. The highest BCUT2D eigenvalue weighted by Crippen LogP contribution is 2.34. The maximum absolute atomic E-state index is 12.8. The highest BCUT2D eigenvalue weighted by Gasteiger charge is 2.36. The monoisotopic (exact) mass is 391 g/mol. The summed E-state index contributed by atoms with van der Waals surface area (Å²) in [6.07, 6.45) is 3.77. The Labute approximate surface area is 137 Å². The lowest BCUT2D eigenvalue weighted by Gasteiger charge is -2.11. The molecule has 0 heterocycles. The second-order valence-corrected chi connectivity index (χ2v) is 5.09. The molecule has 1 saturated carbocycles. The molecule has 1 aliphatic rings. The first kappa shape index (κ1) is 17.2. The molecule has 2 atom stereocenters. The third-order valence-corrected chi connectivity index (χ3v) is 3.50. The van der Waals surface area contributed by atoms with Crippen LogP contribution < -0.4 is 10.6 Å². The molecule has 5 heteroatoms. The van der Waals surface area contributed by atoms with Crippen molar-refractivity contribution in [1.29, 1.82) is 0 Å². The summed E-state index contributed by atoms with van der Waals surface area (Å²) in [5, 5.41) is 6.68. The minimum atomic E-state index is -0.202. The highest BCUT2D eigenvalue weighted by molar-refractivity contribution is 14.0. The van der Waals surface area contributed by atoms with E-state index in [-0.39, 0.29) is 29.8 Å². The predicted molar refractivity (Wildman–Crippen MR) is 92.0 cm³/mol. The van der Waals surface area contributed by atoms with Crippen molar-refractivity contribution in [1.82, 2.24) is 10.6 Å². The Hall–Kier alpha value is -0.850. The molecule has 112 valence electrons. The number of benzene rings is 1. The Morgan fingerprint density at radius 2 is 2.05 bits per heavy atom. The molecule has 1 aromatic rings. The number of guanidine groups is 1. The fourth-order valence-corrected chi connectivity index (χ4v) is 2.27. The molecule has 1 aliphatic carbocycles. The molecule has 2 N–H and O–H groups in total. The second kappa shape index (κ2) is 8.44. The SMILES string of the molecule is CCCC1CC1NC(=NC)NCc1ccc(F)cc1.I. The molecular weight excluding hydrogens is 368 g/mol. The van der Waals surface area contributed by atoms with Crippen LogP contribution >= 0.6 is 24.0 Å². The number of halogens is 2. The first-order chi connectivity index (χ1) is 9.22. The fourth-order valence-electron chi connectivity index (χ4n) is 2.27. The van der Waals surface area contributed by atoms with Crippen molar-refractivity contribution >= 4 is 29.9 Å². The third-order valence-electron chi connectivity index (χ3n) is 3.50. The maximum Gasteiger partial charge on any atom is 0.191 e. The maximum atomic E-state index is 12.8. The van der Waals surface area contributed by atoms with Gasteiger partial charge in [-0.3, -0.25) is 4.99 Å². The lowest BCUT2D eigenvalue weighted by Crippen LogP contribution is -2.38. The number of rotatable bonds is 5. The zero-order valence-electron chi connectivity index (χ0n) is 12.0. The summed E-state index contributed by atoms with van der Waals surface area (Å²) in [4.78, 5) is 4.22. The number of nitrogens with one attached hydrogen (secondary N) is 2. The minimum Gasteiger partial charge on any atom is -0.353 e. The standard InChI is InChI=1S/C15H22FN3.HI/c1-3-4-12-9-14(12)19-15(17-2)18-10-11-5-7-13(16)8-6-11;/h5-8,12,14H,3-4,9-10H2,1-2H3,(H2,17,18,19);1H. The van der Waals surface area contributed by atoms with E-state index in [1.807, 2.05) is 0 Å². The molecule has 2 rings (SSSR count). The van der Waals surface area contributed by atoms with Crippen molar-refractivity contribution < 1.29 is 4.39 Å². The Morgan fingerprint density at radius 3 is 2.65 bits per heavy atom. The van der Waals surface area contributed by atoms with Crippen molar-refractivity contribution in [3.05, 3.63) is 35.6 Å². The van der Waals surface area contributed by atoms with Gasteiger partial charge in [0.25, 0.3) is 0 Å². The van der Waals surface area contributed by atoms with Gasteiger partial charge in [-0.1, -0.05) is 25.5 Å². The van der Waals surface area contributed by atoms with Crippen LogP contribution in [-0.2, 0) is 6.54 Å². The summed E-state index contributed by atoms with van der Waals surface area (Å²) in [6.45, 7) is 2.88. The van der Waals surface area contributed by atoms with Crippen molar-refractivity contribution in [3.63, 3.8) is 0 Å². The number of hydrogen-bond acceptors (Lipinski definition) is 1. The smallest absolute Gasteiger partial charge is 0.191 e. The van der Waals surface area contributed by atoms with Gasteiger partial charge >= 0.3 is 0 Å². The molecule has 0 radical (unpaired) electrons. The first-order valence-electron chi connectivity index (χ1n) is 6.94. The average molecular weight is 391 g/mol. The van der Waals surface area contributed by atoms with Crippen LogP contribution in [0.3, 0.4) is 0 Å². The zero-order chi connectivity index (χ0) is 13.7. The van der Waals surface area contributed by atoms with Crippen LogP contribution in [0.25, 0.3) is 0 Å². The number of nitrogens with zero attached hydrogens (tertiary/aromatic N) is 1. The van der Waals surface area contributed by atoms with Gasteiger partial charge in [0.15, 0.2) is 5.96 Å². The molecule has 3 nitrogen and oxygen atoms in total. The fraction of sp³-hybridized carbons (Fsp3) is 0.533. The van der Waals surface area contributed by atoms with Crippen LogP contribution in [0.15, 0.2) is 29.3 Å². The van der Waals surface area contributed by atoms with E-state index in [0.29, 0.717) is 12.6 Å². The van der Waals surface area contributed by atoms with Crippen molar-refractivity contribution in [2.45, 2.75) is 38.8 Å². The lowest BCUT2D eigenvalue weighted by atomic mass is 10.2. The largest absolute Gasteiger partial charge is 0.353 e. The van der Waals surface area contributed by atoms with Crippen LogP contribution in [0.5, 0.6) is 0 Å². The first-order valence-corrected chi connectivity index (χ1v) is 6.94. The molecule has 0 amide bonds. The van der Waals surface area contributed by atoms with Gasteiger partial charge in [0, 0.05) is 19.6 Å². The van der Waals surface area contributed by atoms with E-state index >= 15 is 0 Å². The van der Waals surface area contributed by atoms with E-state index in [2.05, 4.69) is 22.5 Å². The summed E-state index contributed by atoms with van der Waals surface area (Å²) in [5.41, 5.74) is 1.05. The van der Waals surface area contributed by atoms with Gasteiger partial charge in [0.05, 0.1) is 0 Å². The molecule has 1 aromatic carbocycles. The van der Waals surface area contributed by atoms with Crippen LogP contribution in [0.4, 0.5) is 4.39 Å². The molecule has 0 spiro atoms. The summed E-state index contributed by atoms with van der Waals surface area (Å²) in [6, 6.07) is 7.09. The van der Waals surface area contributed by atoms with E-state index in [1.54, 1.807) is 19.2 Å². The van der Waals surface area contributed by atoms with Gasteiger partial charge in [-0.15, -0.1) is 24.0 Å². The molecule has 0 saturated heterocycles. The van der Waals surface area contributed by atoms with Gasteiger partial charge in [0.1, 0.15) is 5.82 Å². The number of aliphatic imine (C=N–C) groups is 1. The van der Waals surface area contributed by atoms with Gasteiger partial charge in [-0.05, 0) is 36.5 Å². The second-order valence-electron chi connectivity index (χ2n) is 5.09. The van der Waals surface area contributed by atoms with Crippen molar-refractivity contribution in [3.8, 4) is 0 Å². The number of hydrogen-bond donors (Lipinski definition) is 2. The quantitative estimate of drug-likeness (QED) is 0.459. The van der Waals surface area contributed by atoms with E-state index in [0.717, 1.165) is 17.4 Å². The Morgan fingerprint density at radius 1 is 1.35 bits per heavy atom. The lowest BCUT2D eigenvalue weighted by molar-refractivity contribution is 0.626. The summed E-state index contributed by atoms with van der Waals surface area (Å²) in [7, 11) is 1.78. The van der Waals surface area contributed by atoms with Gasteiger partial charge < -0.3 is 10.6 Å². The van der Waals surface area contributed by atoms with Gasteiger partial charge in [-0.2, -0.15) is 0 Å². The van der Waals surface area contributed by atoms with Crippen molar-refractivity contribution in [2.75, 3.05) is 7.05 Å². The zero-order valence-corrected chi connectivity index (χ0v) is 14.4. The van der Waals surface area contributed by atoms with Crippen LogP contribution in [0.1, 0.15) is 31.7 Å². The molecule has 0 aromatic heterocycles. The topological polar surface area (TPSA) is 36.4 Å². The van der Waals surface area contributed by atoms with E-state index in [1.165, 1.54) is 31.4 Å². The molecule has 1 fully saturated rings. The Balaban J connectivity index is 0.00000200. The molecule has 0 bridgehead atoms. The van der Waals surface area contributed by atoms with Crippen molar-refractivity contribution in [2.24, 2.45) is 10.9 Å². The van der Waals surface area contributed by atoms with Crippen LogP contribution in [0, 0.1) is 11.7 Å². The molecule has 20 heavy (non-hydrogen) atoms. The highest BCUT2D eigenvalue weighted by atomic mass is 127. The summed E-state index contributed by atoms with van der Waals surface area (Å²) < 4.78 is 12.8. The van der Waals surface area contributed by atoms with Crippen LogP contribution in [-0.4, -0.2) is 19.0 Å². The predicted octanol–water partition coefficient (Wildman–Crippen LogP) is 3.30. The van der Waals surface area contributed by atoms with Crippen LogP contribution in [0.2, 0.25) is 0 Å². The molecular formula is C15H23FIN3. The Bertz CT molecular complexity index is 433. The van der Waals surface area contributed by atoms with E-state index in [4.69, 9.17) is 0 Å². The normalized spacial score (nSPS) is 21.1. The van der Waals surface area contributed by atoms with Gasteiger partial charge in [-0.25, -0.2) is 4.39 Å². The average Bonchev–Trinajstić information content (AvgIpc) is 3.15. The Kier molecular flexibility index (Phi) is 7.26. The third kappa shape index (κ3) is 5.26. The summed E-state index contributed by atoms with van der Waals surface area (Å²) in [5.74, 6) is 1.42. The van der Waals surface area contributed by atoms with E-state index < -0.39 is 0 Å².